The van der Waals surface area contributed by atoms with Gasteiger partial charge in [-0.05, 0) is 94.4 Å². The quantitative estimate of drug-likeness (QED) is 0.297. The molecule has 6 aliphatic rings. The van der Waals surface area contributed by atoms with Gasteiger partial charge in [0.15, 0.2) is 0 Å². The van der Waals surface area contributed by atoms with Crippen LogP contribution < -0.4 is 10.9 Å². The van der Waals surface area contributed by atoms with E-state index in [4.69, 9.17) is 4.74 Å². The molecule has 4 aliphatic heterocycles. The molecule has 1 aromatic heterocycles. The predicted molar refractivity (Wildman–Crippen MR) is 233 cm³/mol. The van der Waals surface area contributed by atoms with Gasteiger partial charge in [0, 0.05) is 83.3 Å². The first-order valence-corrected chi connectivity index (χ1v) is 22.9. The SMILES string of the molecule is CC(C)(C)OC(=O)N[C@@H](C(=O)N1C[C@@H]2CCC1C[C@H]2CN1CCN(CC(=O)N2CCN(C(=O)c3cc(Cc4n[nH]c(=O)c5ccccc45)ccc3F)CC2)CC1)C1CCCCC1. The summed E-state index contributed by atoms with van der Waals surface area (Å²) in [5.41, 5.74) is 0.402. The number of H-pyrrole nitrogens is 1. The van der Waals surface area contributed by atoms with Crippen molar-refractivity contribution in [1.29, 1.82) is 0 Å². The highest BCUT2D eigenvalue weighted by Crippen LogP contribution is 2.41. The number of hydrogen-bond donors (Lipinski definition) is 2. The molecule has 62 heavy (non-hydrogen) atoms. The van der Waals surface area contributed by atoms with Gasteiger partial charge < -0.3 is 29.7 Å². The number of amides is 4. The lowest BCUT2D eigenvalue weighted by atomic mass is 9.71. The number of halogens is 1. The first-order valence-electron chi connectivity index (χ1n) is 22.9. The van der Waals surface area contributed by atoms with E-state index in [9.17, 15) is 24.0 Å². The van der Waals surface area contributed by atoms with Crippen LogP contribution in [-0.4, -0.2) is 148 Å². The maximum absolute atomic E-state index is 15.1. The Morgan fingerprint density at radius 1 is 0.871 bits per heavy atom. The topological polar surface area (TPSA) is 151 Å². The molecule has 14 nitrogen and oxygen atoms in total. The molecule has 15 heteroatoms. The number of hydrogen-bond acceptors (Lipinski definition) is 9. The Kier molecular flexibility index (Phi) is 13.3. The van der Waals surface area contributed by atoms with E-state index in [0.29, 0.717) is 73.0 Å². The summed E-state index contributed by atoms with van der Waals surface area (Å²) in [6.45, 7) is 12.4. The normalized spacial score (nSPS) is 23.4. The average molecular weight is 855 g/mol. The van der Waals surface area contributed by atoms with Crippen molar-refractivity contribution >= 4 is 34.6 Å². The van der Waals surface area contributed by atoms with Crippen molar-refractivity contribution in [2.75, 3.05) is 72.0 Å². The first kappa shape index (κ1) is 43.7. The van der Waals surface area contributed by atoms with Gasteiger partial charge in [0.2, 0.25) is 11.8 Å². The Bertz CT molecular complexity index is 2170. The highest BCUT2D eigenvalue weighted by molar-refractivity contribution is 5.95. The maximum atomic E-state index is 15.1. The van der Waals surface area contributed by atoms with Crippen molar-refractivity contribution in [3.8, 4) is 0 Å². The van der Waals surface area contributed by atoms with Crippen molar-refractivity contribution in [3.63, 3.8) is 0 Å². The second-order valence-electron chi connectivity index (χ2n) is 19.3. The number of benzene rings is 2. The number of aromatic nitrogens is 2. The third kappa shape index (κ3) is 10.1. The van der Waals surface area contributed by atoms with E-state index in [1.165, 1.54) is 12.5 Å². The molecule has 2 aromatic carbocycles. The van der Waals surface area contributed by atoms with Crippen LogP contribution in [0.1, 0.15) is 93.8 Å². The standard InChI is InChI=1S/C47H63FN8O6/c1-47(2,3)62-46(61)49-42(32-9-5-4-6-10-32)45(60)56-29-33-14-15-35(56)27-34(33)28-52-17-19-53(20-18-52)30-41(57)54-21-23-55(24-22-54)44(59)38-25-31(13-16-39(38)48)26-40-36-11-7-8-12-37(36)43(58)51-50-40/h7-8,11-13,16,25,32-35,42H,4-6,9-10,14-15,17-24,26-30H2,1-3H3,(H,49,61)(H,51,58)/t33-,34-,35?,42+/m0/s1. The molecule has 2 bridgehead atoms. The lowest BCUT2D eigenvalue weighted by Gasteiger charge is -2.52. The van der Waals surface area contributed by atoms with Gasteiger partial charge in [-0.1, -0.05) is 43.5 Å². The summed E-state index contributed by atoms with van der Waals surface area (Å²) >= 11 is 0. The molecule has 9 rings (SSSR count). The zero-order valence-corrected chi connectivity index (χ0v) is 36.6. The van der Waals surface area contributed by atoms with Crippen molar-refractivity contribution in [2.24, 2.45) is 17.8 Å². The monoisotopic (exact) mass is 854 g/mol. The van der Waals surface area contributed by atoms with E-state index >= 15 is 4.39 Å². The summed E-state index contributed by atoms with van der Waals surface area (Å²) in [5, 5.41) is 11.0. The maximum Gasteiger partial charge on any atom is 0.408 e. The Morgan fingerprint density at radius 2 is 1.56 bits per heavy atom. The number of ether oxygens (including phenoxy) is 1. The highest BCUT2D eigenvalue weighted by Gasteiger charge is 2.46. The van der Waals surface area contributed by atoms with Gasteiger partial charge in [0.1, 0.15) is 17.5 Å². The van der Waals surface area contributed by atoms with E-state index in [1.807, 2.05) is 37.8 Å². The predicted octanol–water partition coefficient (Wildman–Crippen LogP) is 4.66. The van der Waals surface area contributed by atoms with Crippen LogP contribution in [0.15, 0.2) is 47.3 Å². The Morgan fingerprint density at radius 3 is 2.26 bits per heavy atom. The minimum Gasteiger partial charge on any atom is -0.444 e. The van der Waals surface area contributed by atoms with Gasteiger partial charge >= 0.3 is 6.09 Å². The zero-order chi connectivity index (χ0) is 43.5. The van der Waals surface area contributed by atoms with E-state index in [0.717, 1.165) is 84.2 Å². The fourth-order valence-corrected chi connectivity index (χ4v) is 10.6. The molecule has 2 aliphatic carbocycles. The summed E-state index contributed by atoms with van der Waals surface area (Å²) in [4.78, 5) is 76.6. The van der Waals surface area contributed by atoms with Crippen LogP contribution in [0.5, 0.6) is 0 Å². The van der Waals surface area contributed by atoms with E-state index in [2.05, 4.69) is 30.2 Å². The van der Waals surface area contributed by atoms with E-state index in [-0.39, 0.29) is 34.9 Å². The van der Waals surface area contributed by atoms with E-state index in [1.54, 1.807) is 29.2 Å². The molecule has 334 valence electrons. The minimum atomic E-state index is -0.632. The van der Waals surface area contributed by atoms with Gasteiger partial charge in [-0.3, -0.25) is 24.1 Å². The molecule has 4 atom stereocenters. The number of rotatable bonds is 10. The highest BCUT2D eigenvalue weighted by atomic mass is 19.1. The van der Waals surface area contributed by atoms with Gasteiger partial charge in [-0.2, -0.15) is 5.10 Å². The fraction of sp³-hybridized carbons (Fsp3) is 0.617. The number of piperidine rings is 2. The van der Waals surface area contributed by atoms with Crippen LogP contribution in [0.25, 0.3) is 10.8 Å². The Balaban J connectivity index is 0.781. The van der Waals surface area contributed by atoms with Gasteiger partial charge in [0.25, 0.3) is 11.5 Å². The number of alkyl carbamates (subject to hydrolysis) is 1. The number of nitrogens with zero attached hydrogens (tertiary/aromatic N) is 6. The summed E-state index contributed by atoms with van der Waals surface area (Å²) < 4.78 is 20.7. The summed E-state index contributed by atoms with van der Waals surface area (Å²) in [6.07, 6.45) is 8.15. The second kappa shape index (κ2) is 18.8. The number of carbonyl (C=O) groups is 4. The van der Waals surface area contributed by atoms with Crippen molar-refractivity contribution in [2.45, 2.75) is 96.2 Å². The largest absolute Gasteiger partial charge is 0.444 e. The zero-order valence-electron chi connectivity index (χ0n) is 36.6. The number of nitrogens with one attached hydrogen (secondary N) is 2. The fourth-order valence-electron chi connectivity index (χ4n) is 10.6. The lowest BCUT2D eigenvalue weighted by Crippen LogP contribution is -2.62. The van der Waals surface area contributed by atoms with Crippen LogP contribution in [0.4, 0.5) is 9.18 Å². The number of carbonyl (C=O) groups excluding carboxylic acids is 4. The molecule has 1 unspecified atom stereocenters. The van der Waals surface area contributed by atoms with E-state index < -0.39 is 29.5 Å². The lowest BCUT2D eigenvalue weighted by molar-refractivity contribution is -0.145. The van der Waals surface area contributed by atoms with Crippen LogP contribution in [0, 0.1) is 23.6 Å². The molecule has 5 heterocycles. The molecule has 3 aromatic rings. The third-order valence-electron chi connectivity index (χ3n) is 14.0. The molecule has 6 fully saturated rings. The van der Waals surface area contributed by atoms with Crippen LogP contribution in [0.3, 0.4) is 0 Å². The van der Waals surface area contributed by atoms with Gasteiger partial charge in [-0.25, -0.2) is 14.3 Å². The van der Waals surface area contributed by atoms with Crippen LogP contribution >= 0.6 is 0 Å². The van der Waals surface area contributed by atoms with Gasteiger partial charge in [0.05, 0.1) is 23.2 Å². The Labute approximate surface area is 363 Å². The first-order chi connectivity index (χ1) is 29.8. The molecule has 0 spiro atoms. The molecule has 2 saturated carbocycles. The summed E-state index contributed by atoms with van der Waals surface area (Å²) in [5.74, 6) is 0.186. The third-order valence-corrected chi connectivity index (χ3v) is 14.0. The molecule has 4 saturated heterocycles. The molecular formula is C47H63FN8O6. The van der Waals surface area contributed by atoms with Crippen molar-refractivity contribution in [1.82, 2.24) is 40.0 Å². The second-order valence-corrected chi connectivity index (χ2v) is 19.3. The summed E-state index contributed by atoms with van der Waals surface area (Å²) in [7, 11) is 0. The molecule has 2 N–H and O–H groups in total. The van der Waals surface area contributed by atoms with Gasteiger partial charge in [-0.15, -0.1) is 0 Å². The van der Waals surface area contributed by atoms with Crippen LogP contribution in [0.2, 0.25) is 0 Å². The molecular weight excluding hydrogens is 792 g/mol. The average Bonchev–Trinajstić information content (AvgIpc) is 3.27. The summed E-state index contributed by atoms with van der Waals surface area (Å²) in [6, 6.07) is 11.3. The number of aromatic amines is 1. The minimum absolute atomic E-state index is 0.0170. The molecule has 0 radical (unpaired) electrons. The smallest absolute Gasteiger partial charge is 0.408 e. The van der Waals surface area contributed by atoms with Crippen molar-refractivity contribution in [3.05, 3.63) is 75.5 Å². The van der Waals surface area contributed by atoms with Crippen molar-refractivity contribution < 1.29 is 28.3 Å². The molecule has 4 amide bonds. The van der Waals surface area contributed by atoms with Crippen LogP contribution in [-0.2, 0) is 20.7 Å². The Hall–Kier alpha value is -4.89. The number of fused-ring (bicyclic) bond motifs is 4. The number of piperazine rings is 2.